The van der Waals surface area contributed by atoms with E-state index in [1.54, 1.807) is 25.4 Å². The molecule has 23 heavy (non-hydrogen) atoms. The molecule has 3 rings (SSSR count). The Morgan fingerprint density at radius 3 is 2.52 bits per heavy atom. The predicted molar refractivity (Wildman–Crippen MR) is 86.9 cm³/mol. The number of nitrogens with zero attached hydrogens (tertiary/aromatic N) is 2. The average Bonchev–Trinajstić information content (AvgIpc) is 2.60. The molecule has 1 aromatic heterocycles. The molecule has 0 saturated carbocycles. The van der Waals surface area contributed by atoms with Gasteiger partial charge in [-0.05, 0) is 23.3 Å². The number of nitrogens with one attached hydrogen (secondary N) is 1. The van der Waals surface area contributed by atoms with Gasteiger partial charge in [0.15, 0.2) is 0 Å². The number of aromatic nitrogens is 2. The first-order chi connectivity index (χ1) is 11.3. The third-order valence-electron chi connectivity index (χ3n) is 3.43. The summed E-state index contributed by atoms with van der Waals surface area (Å²) in [5.74, 6) is 0.604. The fourth-order valence-electron chi connectivity index (χ4n) is 2.35. The number of benzene rings is 2. The van der Waals surface area contributed by atoms with Crippen molar-refractivity contribution >= 4 is 5.95 Å². The monoisotopic (exact) mass is 309 g/mol. The summed E-state index contributed by atoms with van der Waals surface area (Å²) in [4.78, 5) is 8.47. The van der Waals surface area contributed by atoms with Crippen molar-refractivity contribution in [2.24, 2.45) is 0 Å². The largest absolute Gasteiger partial charge is 0.481 e. The van der Waals surface area contributed by atoms with Gasteiger partial charge in [-0.25, -0.2) is 9.37 Å². The minimum atomic E-state index is -0.281. The Bertz CT molecular complexity index is 780. The van der Waals surface area contributed by atoms with Gasteiger partial charge in [0.1, 0.15) is 5.82 Å². The molecule has 5 heteroatoms. The van der Waals surface area contributed by atoms with Crippen LogP contribution in [0.15, 0.2) is 66.9 Å². The minimum Gasteiger partial charge on any atom is -0.481 e. The molecule has 0 fully saturated rings. The molecule has 4 nitrogen and oxygen atoms in total. The van der Waals surface area contributed by atoms with E-state index in [-0.39, 0.29) is 11.9 Å². The highest BCUT2D eigenvalue weighted by molar-refractivity contribution is 5.41. The van der Waals surface area contributed by atoms with Crippen molar-refractivity contribution < 1.29 is 9.13 Å². The summed E-state index contributed by atoms with van der Waals surface area (Å²) in [6, 6.07) is 17.7. The molecule has 1 atom stereocenters. The van der Waals surface area contributed by atoms with Crippen LogP contribution in [0, 0.1) is 5.82 Å². The first kappa shape index (κ1) is 15.0. The lowest BCUT2D eigenvalue weighted by atomic mass is 9.99. The number of hydrogen-bond acceptors (Lipinski definition) is 4. The van der Waals surface area contributed by atoms with E-state index in [1.165, 1.54) is 12.1 Å². The van der Waals surface area contributed by atoms with Gasteiger partial charge in [0, 0.05) is 12.3 Å². The van der Waals surface area contributed by atoms with Crippen LogP contribution < -0.4 is 10.1 Å². The molecule has 1 N–H and O–H groups in total. The van der Waals surface area contributed by atoms with Crippen LogP contribution in [0.25, 0.3) is 0 Å². The Labute approximate surface area is 134 Å². The highest BCUT2D eigenvalue weighted by Gasteiger charge is 2.16. The minimum absolute atomic E-state index is 0.265. The molecule has 0 radical (unpaired) electrons. The third kappa shape index (κ3) is 3.63. The standard InChI is InChI=1S/C18H16FN3O/c1-23-16-10-11-20-18(21-16)22-17(13-6-3-2-4-7-13)14-8-5-9-15(19)12-14/h2-12,17H,1H3,(H,20,21,22). The molecule has 2 aromatic carbocycles. The van der Waals surface area contributed by atoms with Crippen LogP contribution in [0.2, 0.25) is 0 Å². The fourth-order valence-corrected chi connectivity index (χ4v) is 2.35. The second-order valence-electron chi connectivity index (χ2n) is 4.97. The Morgan fingerprint density at radius 1 is 1.00 bits per heavy atom. The lowest BCUT2D eigenvalue weighted by molar-refractivity contribution is 0.397. The lowest BCUT2D eigenvalue weighted by Crippen LogP contribution is -2.14. The van der Waals surface area contributed by atoms with Crippen LogP contribution >= 0.6 is 0 Å². The number of hydrogen-bond donors (Lipinski definition) is 1. The smallest absolute Gasteiger partial charge is 0.226 e. The zero-order valence-corrected chi connectivity index (χ0v) is 12.6. The number of anilines is 1. The first-order valence-corrected chi connectivity index (χ1v) is 7.20. The summed E-state index contributed by atoms with van der Waals surface area (Å²) < 4.78 is 18.7. The molecule has 0 amide bonds. The van der Waals surface area contributed by atoms with Crippen molar-refractivity contribution in [3.05, 3.63) is 83.8 Å². The van der Waals surface area contributed by atoms with E-state index in [0.717, 1.165) is 11.1 Å². The summed E-state index contributed by atoms with van der Waals surface area (Å²) >= 11 is 0. The Balaban J connectivity index is 1.98. The molecule has 0 aliphatic rings. The van der Waals surface area contributed by atoms with Crippen LogP contribution in [0.3, 0.4) is 0 Å². The van der Waals surface area contributed by atoms with Gasteiger partial charge in [-0.15, -0.1) is 0 Å². The molecular weight excluding hydrogens is 293 g/mol. The summed E-state index contributed by atoms with van der Waals surface area (Å²) in [7, 11) is 1.55. The predicted octanol–water partition coefficient (Wildman–Crippen LogP) is 3.83. The van der Waals surface area contributed by atoms with Crippen LogP contribution in [0.1, 0.15) is 17.2 Å². The van der Waals surface area contributed by atoms with Crippen LogP contribution in [0.5, 0.6) is 5.88 Å². The Kier molecular flexibility index (Phi) is 4.47. The zero-order chi connectivity index (χ0) is 16.1. The van der Waals surface area contributed by atoms with Crippen molar-refractivity contribution in [1.29, 1.82) is 0 Å². The van der Waals surface area contributed by atoms with Gasteiger partial charge in [-0.3, -0.25) is 0 Å². The van der Waals surface area contributed by atoms with E-state index >= 15 is 0 Å². The summed E-state index contributed by atoms with van der Waals surface area (Å²) in [6.07, 6.45) is 1.61. The number of halogens is 1. The van der Waals surface area contributed by atoms with Gasteiger partial charge in [0.05, 0.1) is 13.2 Å². The van der Waals surface area contributed by atoms with E-state index < -0.39 is 0 Å². The average molecular weight is 309 g/mol. The molecule has 3 aromatic rings. The lowest BCUT2D eigenvalue weighted by Gasteiger charge is -2.20. The van der Waals surface area contributed by atoms with Crippen molar-refractivity contribution in [3.63, 3.8) is 0 Å². The molecule has 1 heterocycles. The van der Waals surface area contributed by atoms with Gasteiger partial charge in [0.2, 0.25) is 11.8 Å². The Morgan fingerprint density at radius 2 is 1.78 bits per heavy atom. The van der Waals surface area contributed by atoms with E-state index in [1.807, 2.05) is 36.4 Å². The van der Waals surface area contributed by atoms with E-state index in [4.69, 9.17) is 4.74 Å². The maximum atomic E-state index is 13.6. The molecule has 1 unspecified atom stereocenters. The molecule has 116 valence electrons. The highest BCUT2D eigenvalue weighted by Crippen LogP contribution is 2.26. The SMILES string of the molecule is COc1ccnc(NC(c2ccccc2)c2cccc(F)c2)n1. The van der Waals surface area contributed by atoms with Crippen LogP contribution in [-0.4, -0.2) is 17.1 Å². The normalized spacial score (nSPS) is 11.7. The maximum absolute atomic E-state index is 13.6. The third-order valence-corrected chi connectivity index (χ3v) is 3.43. The molecule has 0 bridgehead atoms. The zero-order valence-electron chi connectivity index (χ0n) is 12.6. The van der Waals surface area contributed by atoms with Crippen LogP contribution in [0.4, 0.5) is 10.3 Å². The second kappa shape index (κ2) is 6.87. The van der Waals surface area contributed by atoms with Crippen LogP contribution in [-0.2, 0) is 0 Å². The topological polar surface area (TPSA) is 47.0 Å². The van der Waals surface area contributed by atoms with E-state index in [2.05, 4.69) is 15.3 Å². The summed E-state index contributed by atoms with van der Waals surface area (Å²) in [5, 5.41) is 3.24. The van der Waals surface area contributed by atoms with E-state index in [9.17, 15) is 4.39 Å². The van der Waals surface area contributed by atoms with Gasteiger partial charge < -0.3 is 10.1 Å². The fraction of sp³-hybridized carbons (Fsp3) is 0.111. The van der Waals surface area contributed by atoms with Crippen molar-refractivity contribution in [3.8, 4) is 5.88 Å². The molecular formula is C18H16FN3O. The summed E-state index contributed by atoms with van der Waals surface area (Å²) in [6.45, 7) is 0. The molecule has 0 aliphatic carbocycles. The number of rotatable bonds is 5. The summed E-state index contributed by atoms with van der Waals surface area (Å²) in [5.41, 5.74) is 1.78. The van der Waals surface area contributed by atoms with Gasteiger partial charge >= 0.3 is 0 Å². The van der Waals surface area contributed by atoms with Gasteiger partial charge in [-0.1, -0.05) is 42.5 Å². The number of methoxy groups -OCH3 is 1. The van der Waals surface area contributed by atoms with Crippen molar-refractivity contribution in [2.75, 3.05) is 12.4 Å². The van der Waals surface area contributed by atoms with Gasteiger partial charge in [0.25, 0.3) is 0 Å². The first-order valence-electron chi connectivity index (χ1n) is 7.20. The van der Waals surface area contributed by atoms with Crippen molar-refractivity contribution in [1.82, 2.24) is 9.97 Å². The van der Waals surface area contributed by atoms with Gasteiger partial charge in [-0.2, -0.15) is 4.98 Å². The second-order valence-corrected chi connectivity index (χ2v) is 4.97. The maximum Gasteiger partial charge on any atom is 0.226 e. The highest BCUT2D eigenvalue weighted by atomic mass is 19.1. The van der Waals surface area contributed by atoms with E-state index in [0.29, 0.717) is 11.8 Å². The van der Waals surface area contributed by atoms with Crippen molar-refractivity contribution in [2.45, 2.75) is 6.04 Å². The molecule has 0 aliphatic heterocycles. The number of ether oxygens (including phenoxy) is 1. The molecule has 0 saturated heterocycles. The Hall–Kier alpha value is -2.95. The quantitative estimate of drug-likeness (QED) is 0.778. The molecule has 0 spiro atoms.